The molecule has 2 aliphatic rings. The van der Waals surface area contributed by atoms with Gasteiger partial charge < -0.3 is 24.1 Å². The first kappa shape index (κ1) is 25.7. The minimum absolute atomic E-state index is 0.0664. The van der Waals surface area contributed by atoms with Crippen LogP contribution in [-0.2, 0) is 9.59 Å². The molecule has 3 heterocycles. The average molecular weight is 559 g/mol. The zero-order valence-electron chi connectivity index (χ0n) is 22.1. The average Bonchev–Trinajstić information content (AvgIpc) is 3.50. The Morgan fingerprint density at radius 2 is 1.85 bits per heavy atom. The molecule has 0 radical (unpaired) electrons. The lowest BCUT2D eigenvalue weighted by Crippen LogP contribution is -2.29. The van der Waals surface area contributed by atoms with Crippen molar-refractivity contribution < 1.29 is 33.6 Å². The van der Waals surface area contributed by atoms with E-state index >= 15 is 0 Å². The third-order valence-corrected chi connectivity index (χ3v) is 7.82. The lowest BCUT2D eigenvalue weighted by atomic mass is 9.95. The van der Waals surface area contributed by atoms with Crippen LogP contribution in [0.4, 0.5) is 5.13 Å². The highest BCUT2D eigenvalue weighted by molar-refractivity contribution is 7.22. The maximum atomic E-state index is 13.6. The molecule has 1 N–H and O–H groups in total. The summed E-state index contributed by atoms with van der Waals surface area (Å²) in [5.74, 6) is 0.0180. The van der Waals surface area contributed by atoms with Crippen molar-refractivity contribution in [2.45, 2.75) is 19.9 Å². The maximum Gasteiger partial charge on any atom is 0.301 e. The first-order valence-electron chi connectivity index (χ1n) is 12.8. The molecule has 1 saturated heterocycles. The van der Waals surface area contributed by atoms with Crippen molar-refractivity contribution in [2.75, 3.05) is 31.8 Å². The number of anilines is 1. The molecule has 1 fully saturated rings. The van der Waals surface area contributed by atoms with Crippen LogP contribution in [0.3, 0.4) is 0 Å². The van der Waals surface area contributed by atoms with E-state index in [1.165, 1.54) is 23.3 Å². The summed E-state index contributed by atoms with van der Waals surface area (Å²) in [7, 11) is 1.52. The Kier molecular flexibility index (Phi) is 6.55. The first-order valence-corrected chi connectivity index (χ1v) is 13.6. The number of Topliss-reactive ketones (excluding diaryl/α,β-unsaturated/α-hetero) is 1. The molecule has 0 saturated carbocycles. The Morgan fingerprint density at radius 1 is 1.05 bits per heavy atom. The van der Waals surface area contributed by atoms with Gasteiger partial charge in [-0.1, -0.05) is 23.5 Å². The summed E-state index contributed by atoms with van der Waals surface area (Å²) >= 11 is 1.31. The van der Waals surface area contributed by atoms with Gasteiger partial charge in [-0.3, -0.25) is 14.5 Å². The van der Waals surface area contributed by atoms with Gasteiger partial charge in [0, 0.05) is 5.56 Å². The number of aromatic nitrogens is 1. The molecule has 0 spiro atoms. The molecule has 3 aromatic carbocycles. The van der Waals surface area contributed by atoms with E-state index in [4.69, 9.17) is 18.9 Å². The zero-order valence-corrected chi connectivity index (χ0v) is 22.9. The molecule has 40 heavy (non-hydrogen) atoms. The van der Waals surface area contributed by atoms with Crippen LogP contribution < -0.4 is 23.8 Å². The quantitative estimate of drug-likeness (QED) is 0.190. The number of ether oxygens (including phenoxy) is 4. The number of hydrogen-bond donors (Lipinski definition) is 1. The van der Waals surface area contributed by atoms with Crippen molar-refractivity contribution in [3.8, 4) is 23.0 Å². The molecule has 1 amide bonds. The van der Waals surface area contributed by atoms with Crippen LogP contribution in [0.1, 0.15) is 29.7 Å². The molecule has 1 aromatic heterocycles. The van der Waals surface area contributed by atoms with E-state index < -0.39 is 17.7 Å². The number of nitrogens with zero attached hydrogens (tertiary/aromatic N) is 2. The molecule has 10 heteroatoms. The smallest absolute Gasteiger partial charge is 0.301 e. The van der Waals surface area contributed by atoms with Gasteiger partial charge in [0.2, 0.25) is 0 Å². The molecule has 2 aliphatic heterocycles. The number of aryl methyl sites for hydroxylation is 1. The van der Waals surface area contributed by atoms with Crippen molar-refractivity contribution in [3.63, 3.8) is 0 Å². The number of ketones is 1. The number of rotatable bonds is 6. The number of methoxy groups -OCH3 is 1. The minimum Gasteiger partial charge on any atom is -0.507 e. The lowest BCUT2D eigenvalue weighted by Gasteiger charge is -2.24. The summed E-state index contributed by atoms with van der Waals surface area (Å²) in [6, 6.07) is 14.9. The summed E-state index contributed by atoms with van der Waals surface area (Å²) in [5, 5.41) is 11.9. The van der Waals surface area contributed by atoms with Gasteiger partial charge in [0.1, 0.15) is 19.0 Å². The van der Waals surface area contributed by atoms with E-state index in [0.29, 0.717) is 64.6 Å². The molecule has 0 bridgehead atoms. The molecule has 9 nitrogen and oxygen atoms in total. The number of carbonyl (C=O) groups is 2. The van der Waals surface area contributed by atoms with Gasteiger partial charge in [-0.25, -0.2) is 4.98 Å². The fourth-order valence-electron chi connectivity index (χ4n) is 4.94. The van der Waals surface area contributed by atoms with Crippen molar-refractivity contribution in [1.29, 1.82) is 0 Å². The van der Waals surface area contributed by atoms with Crippen molar-refractivity contribution in [3.05, 3.63) is 76.9 Å². The maximum absolute atomic E-state index is 13.6. The minimum atomic E-state index is -0.973. The second kappa shape index (κ2) is 10.2. The number of carbonyl (C=O) groups excluding carboxylic acids is 2. The Bertz CT molecular complexity index is 1690. The Hall–Kier alpha value is -4.57. The van der Waals surface area contributed by atoms with Crippen LogP contribution in [0, 0.1) is 6.92 Å². The van der Waals surface area contributed by atoms with Crippen LogP contribution in [0.5, 0.6) is 23.0 Å². The SMILES string of the molecule is CCOc1ccc(C2/C(=C(/O)c3ccc4c(c3)OCCO4)C(=O)C(=O)N2c2nc3ccc(C)cc3s2)cc1OC. The predicted molar refractivity (Wildman–Crippen MR) is 151 cm³/mol. The van der Waals surface area contributed by atoms with Gasteiger partial charge in [-0.2, -0.15) is 0 Å². The van der Waals surface area contributed by atoms with E-state index in [0.717, 1.165) is 10.3 Å². The second-order valence-electron chi connectivity index (χ2n) is 9.34. The topological polar surface area (TPSA) is 107 Å². The van der Waals surface area contributed by atoms with Gasteiger partial charge in [0.25, 0.3) is 5.78 Å². The van der Waals surface area contributed by atoms with Gasteiger partial charge in [0.05, 0.1) is 35.5 Å². The number of hydrogen-bond acceptors (Lipinski definition) is 9. The van der Waals surface area contributed by atoms with Gasteiger partial charge in [0.15, 0.2) is 28.1 Å². The highest BCUT2D eigenvalue weighted by Gasteiger charge is 2.48. The van der Waals surface area contributed by atoms with Crippen molar-refractivity contribution >= 4 is 44.1 Å². The number of aliphatic hydroxyl groups is 1. The van der Waals surface area contributed by atoms with Crippen LogP contribution in [0.2, 0.25) is 0 Å². The highest BCUT2D eigenvalue weighted by atomic mass is 32.1. The summed E-state index contributed by atoms with van der Waals surface area (Å²) in [4.78, 5) is 33.3. The van der Waals surface area contributed by atoms with Crippen LogP contribution in [0.15, 0.2) is 60.2 Å². The molecule has 4 aromatic rings. The molecule has 204 valence electrons. The normalized spacial score (nSPS) is 17.9. The molecular formula is C30H26N2O7S. The second-order valence-corrected chi connectivity index (χ2v) is 10.3. The van der Waals surface area contributed by atoms with E-state index in [2.05, 4.69) is 4.98 Å². The zero-order chi connectivity index (χ0) is 28.0. The standard InChI is InChI=1S/C30H26N2O7S/c1-4-37-20-9-6-17(14-22(20)36-3)26-25(27(33)18-7-10-21-23(15-18)39-12-11-38-21)28(34)29(35)32(26)30-31-19-8-5-16(2)13-24(19)40-30/h5-10,13-15,26,33H,4,11-12H2,1-3H3/b27-25-. The van der Waals surface area contributed by atoms with Crippen LogP contribution in [0.25, 0.3) is 16.0 Å². The van der Waals surface area contributed by atoms with Gasteiger partial charge >= 0.3 is 5.91 Å². The van der Waals surface area contributed by atoms with Crippen LogP contribution >= 0.6 is 11.3 Å². The monoisotopic (exact) mass is 558 g/mol. The molecular weight excluding hydrogens is 532 g/mol. The van der Waals surface area contributed by atoms with Gasteiger partial charge in [-0.15, -0.1) is 0 Å². The Labute approximate surface area is 234 Å². The van der Waals surface area contributed by atoms with Gasteiger partial charge in [-0.05, 0) is 67.4 Å². The third-order valence-electron chi connectivity index (χ3n) is 6.80. The number of aliphatic hydroxyl groups excluding tert-OH is 1. The molecule has 1 unspecified atom stereocenters. The summed E-state index contributed by atoms with van der Waals surface area (Å²) in [6.45, 7) is 5.06. The Balaban J connectivity index is 1.55. The fourth-order valence-corrected chi connectivity index (χ4v) is 6.03. The lowest BCUT2D eigenvalue weighted by molar-refractivity contribution is -0.132. The highest BCUT2D eigenvalue weighted by Crippen LogP contribution is 2.46. The summed E-state index contributed by atoms with van der Waals surface area (Å²) < 4.78 is 23.4. The number of thiazole rings is 1. The summed E-state index contributed by atoms with van der Waals surface area (Å²) in [5.41, 5.74) is 2.57. The number of amides is 1. The largest absolute Gasteiger partial charge is 0.507 e. The van der Waals surface area contributed by atoms with E-state index in [-0.39, 0.29) is 11.3 Å². The predicted octanol–water partition coefficient (Wildman–Crippen LogP) is 5.41. The Morgan fingerprint density at radius 3 is 2.62 bits per heavy atom. The number of fused-ring (bicyclic) bond motifs is 2. The van der Waals surface area contributed by atoms with Crippen molar-refractivity contribution in [1.82, 2.24) is 4.98 Å². The van der Waals surface area contributed by atoms with E-state index in [1.807, 2.05) is 32.0 Å². The van der Waals surface area contributed by atoms with E-state index in [9.17, 15) is 14.7 Å². The first-order chi connectivity index (χ1) is 19.4. The van der Waals surface area contributed by atoms with Crippen molar-refractivity contribution in [2.24, 2.45) is 0 Å². The third kappa shape index (κ3) is 4.30. The van der Waals surface area contributed by atoms with E-state index in [1.54, 1.807) is 36.4 Å². The number of benzene rings is 3. The fraction of sp³-hybridized carbons (Fsp3) is 0.233. The summed E-state index contributed by atoms with van der Waals surface area (Å²) in [6.07, 6.45) is 0. The molecule has 0 aliphatic carbocycles. The molecule has 6 rings (SSSR count). The molecule has 1 atom stereocenters. The van der Waals surface area contributed by atoms with Crippen LogP contribution in [-0.4, -0.2) is 48.7 Å².